The van der Waals surface area contributed by atoms with Crippen LogP contribution in [-0.2, 0) is 11.8 Å². The highest BCUT2D eigenvalue weighted by atomic mass is 19.1. The van der Waals surface area contributed by atoms with Crippen LogP contribution in [-0.4, -0.2) is 32.1 Å². The number of aryl methyl sites for hydroxylation is 1. The van der Waals surface area contributed by atoms with Crippen LogP contribution in [0.4, 0.5) is 15.9 Å². The van der Waals surface area contributed by atoms with Crippen molar-refractivity contribution in [3.05, 3.63) is 30.6 Å². The Morgan fingerprint density at radius 1 is 1.33 bits per heavy atom. The fraction of sp³-hybridized carbons (Fsp3) is 0.250. The number of aromatic nitrogens is 4. The number of hydrogen-bond donors (Lipinski definition) is 2. The van der Waals surface area contributed by atoms with Crippen molar-refractivity contribution < 1.29 is 9.18 Å². The molecule has 4 rings (SSSR count). The lowest BCUT2D eigenvalue weighted by molar-refractivity contribution is -0.117. The summed E-state index contributed by atoms with van der Waals surface area (Å²) in [7, 11) is 1.84. The smallest absolute Gasteiger partial charge is 0.231 e. The van der Waals surface area contributed by atoms with Crippen molar-refractivity contribution in [1.82, 2.24) is 20.0 Å². The average molecular weight is 326 g/mol. The van der Waals surface area contributed by atoms with Crippen LogP contribution in [0.2, 0.25) is 0 Å². The predicted molar refractivity (Wildman–Crippen MR) is 87.8 cm³/mol. The second-order valence-electron chi connectivity index (χ2n) is 5.98. The molecule has 0 aliphatic heterocycles. The molecule has 2 unspecified atom stereocenters. The fourth-order valence-corrected chi connectivity index (χ4v) is 2.64. The summed E-state index contributed by atoms with van der Waals surface area (Å²) in [5.74, 6) is -0.656. The molecule has 1 aliphatic carbocycles. The van der Waals surface area contributed by atoms with Crippen molar-refractivity contribution >= 4 is 28.3 Å². The summed E-state index contributed by atoms with van der Waals surface area (Å²) in [5, 5.41) is 15.5. The summed E-state index contributed by atoms with van der Waals surface area (Å²) < 4.78 is 14.7. The van der Waals surface area contributed by atoms with E-state index in [1.165, 1.54) is 0 Å². The van der Waals surface area contributed by atoms with E-state index < -0.39 is 12.1 Å². The molecule has 3 N–H and O–H groups in total. The van der Waals surface area contributed by atoms with E-state index in [1.807, 2.05) is 25.4 Å². The summed E-state index contributed by atoms with van der Waals surface area (Å²) in [6.07, 6.45) is 2.84. The Bertz CT molecular complexity index is 953. The fourth-order valence-electron chi connectivity index (χ4n) is 2.64. The largest absolute Gasteiger partial charge is 0.397 e. The molecular formula is C16H15FN6O. The minimum Gasteiger partial charge on any atom is -0.397 e. The van der Waals surface area contributed by atoms with Gasteiger partial charge in [-0.15, -0.1) is 10.2 Å². The Balaban J connectivity index is 1.70. The zero-order valence-electron chi connectivity index (χ0n) is 12.9. The molecule has 1 fully saturated rings. The number of hydrogen-bond acceptors (Lipinski definition) is 5. The Hall–Kier alpha value is -3.03. The maximum Gasteiger partial charge on any atom is 0.231 e. The Labute approximate surface area is 136 Å². The van der Waals surface area contributed by atoms with Gasteiger partial charge in [0.05, 0.1) is 17.8 Å². The number of alkyl halides is 1. The third-order valence-corrected chi connectivity index (χ3v) is 4.06. The molecule has 1 aromatic carbocycles. The van der Waals surface area contributed by atoms with Gasteiger partial charge in [-0.25, -0.2) is 4.39 Å². The second-order valence-corrected chi connectivity index (χ2v) is 5.98. The van der Waals surface area contributed by atoms with E-state index in [-0.39, 0.29) is 18.1 Å². The molecule has 7 nitrogen and oxygen atoms in total. The topological polar surface area (TPSA) is 98.7 Å². The summed E-state index contributed by atoms with van der Waals surface area (Å²) in [6.45, 7) is 0. The molecule has 1 amide bonds. The van der Waals surface area contributed by atoms with Crippen molar-refractivity contribution in [3.63, 3.8) is 0 Å². The zero-order valence-corrected chi connectivity index (χ0v) is 12.9. The van der Waals surface area contributed by atoms with Crippen molar-refractivity contribution in [2.24, 2.45) is 13.0 Å². The number of carbonyl (C=O) groups excluding carboxylic acids is 1. The first kappa shape index (κ1) is 14.6. The SMILES string of the molecule is Cn1cc(-c2cc(N)c3nnc(NC(=O)C4CC4F)cc3c2)cn1. The predicted octanol–water partition coefficient (Wildman–Crippen LogP) is 1.91. The van der Waals surface area contributed by atoms with Gasteiger partial charge >= 0.3 is 0 Å². The van der Waals surface area contributed by atoms with Gasteiger partial charge in [0.15, 0.2) is 5.82 Å². The van der Waals surface area contributed by atoms with E-state index in [0.29, 0.717) is 11.2 Å². The number of rotatable bonds is 3. The molecule has 3 aromatic rings. The van der Waals surface area contributed by atoms with E-state index in [2.05, 4.69) is 20.6 Å². The number of nitrogens with one attached hydrogen (secondary N) is 1. The Kier molecular flexibility index (Phi) is 3.19. The van der Waals surface area contributed by atoms with Gasteiger partial charge in [0, 0.05) is 24.2 Å². The van der Waals surface area contributed by atoms with Crippen molar-refractivity contribution in [2.45, 2.75) is 12.6 Å². The molecule has 0 bridgehead atoms. The van der Waals surface area contributed by atoms with Crippen LogP contribution in [0, 0.1) is 5.92 Å². The monoisotopic (exact) mass is 326 g/mol. The maximum atomic E-state index is 13.0. The summed E-state index contributed by atoms with van der Waals surface area (Å²) in [5.41, 5.74) is 8.92. The highest BCUT2D eigenvalue weighted by Gasteiger charge is 2.43. The first-order valence-electron chi connectivity index (χ1n) is 7.52. The molecule has 0 radical (unpaired) electrons. The quantitative estimate of drug-likeness (QED) is 0.716. The molecule has 0 spiro atoms. The number of nitrogens with two attached hydrogens (primary N) is 1. The van der Waals surface area contributed by atoms with Crippen LogP contribution in [0.15, 0.2) is 30.6 Å². The molecule has 122 valence electrons. The second kappa shape index (κ2) is 5.26. The number of fused-ring (bicyclic) bond motifs is 1. The molecule has 2 aromatic heterocycles. The number of carbonyl (C=O) groups is 1. The minimum absolute atomic E-state index is 0.269. The van der Waals surface area contributed by atoms with Crippen LogP contribution in [0.1, 0.15) is 6.42 Å². The zero-order chi connectivity index (χ0) is 16.8. The van der Waals surface area contributed by atoms with E-state index in [0.717, 1.165) is 16.5 Å². The van der Waals surface area contributed by atoms with E-state index in [4.69, 9.17) is 5.73 Å². The van der Waals surface area contributed by atoms with Crippen LogP contribution in [0.5, 0.6) is 0 Å². The lowest BCUT2D eigenvalue weighted by Crippen LogP contribution is -2.16. The van der Waals surface area contributed by atoms with Crippen molar-refractivity contribution in [2.75, 3.05) is 11.1 Å². The highest BCUT2D eigenvalue weighted by molar-refractivity contribution is 5.98. The normalized spacial score (nSPS) is 19.4. The molecule has 8 heteroatoms. The van der Waals surface area contributed by atoms with Crippen molar-refractivity contribution in [3.8, 4) is 11.1 Å². The van der Waals surface area contributed by atoms with Gasteiger partial charge in [-0.1, -0.05) is 0 Å². The molecule has 24 heavy (non-hydrogen) atoms. The lowest BCUT2D eigenvalue weighted by Gasteiger charge is -2.07. The standard InChI is InChI=1S/C16H15FN6O/c1-23-7-10(6-19-23)8-2-9-4-14(20-16(24)11-5-12(11)17)21-22-15(9)13(18)3-8/h2-4,6-7,11-12H,5,18H2,1H3,(H,20,21,24). The first-order chi connectivity index (χ1) is 11.5. The van der Waals surface area contributed by atoms with Gasteiger partial charge in [-0.2, -0.15) is 5.10 Å². The Morgan fingerprint density at radius 3 is 2.79 bits per heavy atom. The first-order valence-corrected chi connectivity index (χ1v) is 7.52. The molecular weight excluding hydrogens is 311 g/mol. The van der Waals surface area contributed by atoms with Gasteiger partial charge < -0.3 is 11.1 Å². The number of halogens is 1. The summed E-state index contributed by atoms with van der Waals surface area (Å²) >= 11 is 0. The van der Waals surface area contributed by atoms with E-state index in [1.54, 1.807) is 16.9 Å². The maximum absolute atomic E-state index is 13.0. The number of amides is 1. The minimum atomic E-state index is -1.05. The molecule has 2 atom stereocenters. The van der Waals surface area contributed by atoms with Gasteiger partial charge in [0.2, 0.25) is 5.91 Å². The number of nitrogen functional groups attached to an aromatic ring is 1. The van der Waals surface area contributed by atoms with E-state index >= 15 is 0 Å². The average Bonchev–Trinajstić information content (AvgIpc) is 3.12. The summed E-state index contributed by atoms with van der Waals surface area (Å²) in [6, 6.07) is 5.40. The van der Waals surface area contributed by atoms with Crippen molar-refractivity contribution in [1.29, 1.82) is 0 Å². The number of anilines is 2. The third kappa shape index (κ3) is 2.55. The van der Waals surface area contributed by atoms with Crippen LogP contribution < -0.4 is 11.1 Å². The number of benzene rings is 1. The van der Waals surface area contributed by atoms with Gasteiger partial charge in [-0.3, -0.25) is 9.48 Å². The van der Waals surface area contributed by atoms with Gasteiger partial charge in [0.1, 0.15) is 11.7 Å². The lowest BCUT2D eigenvalue weighted by atomic mass is 10.1. The number of nitrogens with zero attached hydrogens (tertiary/aromatic N) is 4. The molecule has 0 saturated heterocycles. The van der Waals surface area contributed by atoms with Gasteiger partial charge in [0.25, 0.3) is 0 Å². The Morgan fingerprint density at radius 2 is 2.12 bits per heavy atom. The third-order valence-electron chi connectivity index (χ3n) is 4.06. The molecule has 2 heterocycles. The van der Waals surface area contributed by atoms with E-state index in [9.17, 15) is 9.18 Å². The molecule has 1 saturated carbocycles. The van der Waals surface area contributed by atoms with Crippen LogP contribution in [0.25, 0.3) is 22.0 Å². The van der Waals surface area contributed by atoms with Crippen LogP contribution in [0.3, 0.4) is 0 Å². The molecule has 1 aliphatic rings. The summed E-state index contributed by atoms with van der Waals surface area (Å²) in [4.78, 5) is 11.8. The highest BCUT2D eigenvalue weighted by Crippen LogP contribution is 2.35. The van der Waals surface area contributed by atoms with Gasteiger partial charge in [-0.05, 0) is 30.2 Å². The van der Waals surface area contributed by atoms with Crippen LogP contribution >= 0.6 is 0 Å².